The van der Waals surface area contributed by atoms with Crippen LogP contribution in [0.15, 0.2) is 12.2 Å². The minimum absolute atomic E-state index is 0.0189. The van der Waals surface area contributed by atoms with Crippen LogP contribution in [0.2, 0.25) is 0 Å². The number of hydrogen-bond acceptors (Lipinski definition) is 4. The van der Waals surface area contributed by atoms with Crippen molar-refractivity contribution < 1.29 is 24.3 Å². The number of aliphatic carboxylic acids is 1. The van der Waals surface area contributed by atoms with Crippen LogP contribution < -0.4 is 10.6 Å². The van der Waals surface area contributed by atoms with E-state index in [0.29, 0.717) is 0 Å². The molecule has 2 aliphatic rings. The Bertz CT molecular complexity index is 471. The van der Waals surface area contributed by atoms with Crippen molar-refractivity contribution in [3.63, 3.8) is 0 Å². The van der Waals surface area contributed by atoms with Gasteiger partial charge in [0.1, 0.15) is 5.41 Å². The number of amides is 4. The summed E-state index contributed by atoms with van der Waals surface area (Å²) in [5, 5.41) is 12.9. The Morgan fingerprint density at radius 1 is 1.20 bits per heavy atom. The number of barbiturate groups is 1. The number of carboxylic acids is 1. The van der Waals surface area contributed by atoms with Gasteiger partial charge in [-0.3, -0.25) is 20.2 Å². The van der Waals surface area contributed by atoms with Crippen LogP contribution >= 0.6 is 0 Å². The van der Waals surface area contributed by atoms with Crippen LogP contribution in [0.25, 0.3) is 0 Å². The largest absolute Gasteiger partial charge is 0.478 e. The van der Waals surface area contributed by atoms with E-state index in [1.807, 2.05) is 0 Å². The van der Waals surface area contributed by atoms with Crippen LogP contribution in [0.4, 0.5) is 4.79 Å². The molecule has 2 fully saturated rings. The molecule has 1 saturated carbocycles. The summed E-state index contributed by atoms with van der Waals surface area (Å²) in [6.45, 7) is 0. The van der Waals surface area contributed by atoms with Gasteiger partial charge >= 0.3 is 12.0 Å². The van der Waals surface area contributed by atoms with E-state index in [9.17, 15) is 19.2 Å². The van der Waals surface area contributed by atoms with Crippen molar-refractivity contribution in [1.82, 2.24) is 10.6 Å². The Morgan fingerprint density at radius 2 is 1.75 bits per heavy atom. The molecular formula is C13H16N2O5. The van der Waals surface area contributed by atoms with Gasteiger partial charge in [0, 0.05) is 6.08 Å². The SMILES string of the molecule is O=C(O)C=CCC1(C2CCCC2)C(=O)NC(=O)NC1=O. The van der Waals surface area contributed by atoms with Crippen molar-refractivity contribution in [2.45, 2.75) is 32.1 Å². The van der Waals surface area contributed by atoms with Gasteiger partial charge in [0.2, 0.25) is 11.8 Å². The third-order valence-corrected chi connectivity index (χ3v) is 4.02. The Kier molecular flexibility index (Phi) is 3.87. The van der Waals surface area contributed by atoms with Gasteiger partial charge in [0.05, 0.1) is 0 Å². The van der Waals surface area contributed by atoms with Crippen LogP contribution in [-0.2, 0) is 14.4 Å². The molecule has 0 atom stereocenters. The molecule has 7 heteroatoms. The molecule has 0 aromatic carbocycles. The first kappa shape index (κ1) is 14.2. The highest BCUT2D eigenvalue weighted by Gasteiger charge is 2.54. The third-order valence-electron chi connectivity index (χ3n) is 4.02. The molecule has 7 nitrogen and oxygen atoms in total. The van der Waals surface area contributed by atoms with Gasteiger partial charge in [-0.25, -0.2) is 9.59 Å². The zero-order valence-electron chi connectivity index (χ0n) is 10.8. The molecule has 0 bridgehead atoms. The molecule has 20 heavy (non-hydrogen) atoms. The highest BCUT2D eigenvalue weighted by atomic mass is 16.4. The quantitative estimate of drug-likeness (QED) is 0.514. The molecule has 1 saturated heterocycles. The summed E-state index contributed by atoms with van der Waals surface area (Å²) >= 11 is 0. The van der Waals surface area contributed by atoms with E-state index in [4.69, 9.17) is 5.11 Å². The number of carboxylic acid groups (broad SMARTS) is 1. The van der Waals surface area contributed by atoms with E-state index in [1.165, 1.54) is 6.08 Å². The van der Waals surface area contributed by atoms with E-state index < -0.39 is 29.2 Å². The summed E-state index contributed by atoms with van der Waals surface area (Å²) in [6.07, 6.45) is 5.47. The smallest absolute Gasteiger partial charge is 0.328 e. The number of carbonyl (C=O) groups is 4. The van der Waals surface area contributed by atoms with E-state index in [2.05, 4.69) is 10.6 Å². The van der Waals surface area contributed by atoms with E-state index >= 15 is 0 Å². The van der Waals surface area contributed by atoms with Crippen molar-refractivity contribution in [3.05, 3.63) is 12.2 Å². The van der Waals surface area contributed by atoms with Crippen molar-refractivity contribution in [2.24, 2.45) is 11.3 Å². The van der Waals surface area contributed by atoms with E-state index in [1.54, 1.807) is 0 Å². The minimum Gasteiger partial charge on any atom is -0.478 e. The molecular weight excluding hydrogens is 264 g/mol. The summed E-state index contributed by atoms with van der Waals surface area (Å²) in [4.78, 5) is 46.2. The Labute approximate surface area is 115 Å². The van der Waals surface area contributed by atoms with E-state index in [0.717, 1.165) is 31.8 Å². The van der Waals surface area contributed by atoms with Crippen LogP contribution in [-0.4, -0.2) is 28.9 Å². The number of allylic oxidation sites excluding steroid dienone is 1. The monoisotopic (exact) mass is 280 g/mol. The highest BCUT2D eigenvalue weighted by Crippen LogP contribution is 2.44. The lowest BCUT2D eigenvalue weighted by molar-refractivity contribution is -0.148. The summed E-state index contributed by atoms with van der Waals surface area (Å²) in [6, 6.07) is -0.823. The lowest BCUT2D eigenvalue weighted by Gasteiger charge is -2.37. The van der Waals surface area contributed by atoms with Crippen LogP contribution in [0.3, 0.4) is 0 Å². The van der Waals surface area contributed by atoms with Crippen LogP contribution in [0.1, 0.15) is 32.1 Å². The molecule has 2 rings (SSSR count). The summed E-state index contributed by atoms with van der Waals surface area (Å²) in [5.41, 5.74) is -1.38. The predicted molar refractivity (Wildman–Crippen MR) is 67.5 cm³/mol. The average molecular weight is 280 g/mol. The molecule has 0 aromatic heterocycles. The topological polar surface area (TPSA) is 113 Å². The molecule has 3 N–H and O–H groups in total. The lowest BCUT2D eigenvalue weighted by Crippen LogP contribution is -2.64. The fraction of sp³-hybridized carbons (Fsp3) is 0.538. The minimum atomic E-state index is -1.38. The van der Waals surface area contributed by atoms with Crippen molar-refractivity contribution in [3.8, 4) is 0 Å². The molecule has 0 aromatic rings. The zero-order valence-corrected chi connectivity index (χ0v) is 10.8. The van der Waals surface area contributed by atoms with Crippen LogP contribution in [0.5, 0.6) is 0 Å². The maximum Gasteiger partial charge on any atom is 0.328 e. The number of carbonyl (C=O) groups excluding carboxylic acids is 3. The number of nitrogens with one attached hydrogen (secondary N) is 2. The Morgan fingerprint density at radius 3 is 2.25 bits per heavy atom. The Hall–Kier alpha value is -2.18. The first-order valence-corrected chi connectivity index (χ1v) is 6.53. The molecule has 1 aliphatic carbocycles. The second kappa shape index (κ2) is 5.44. The molecule has 0 radical (unpaired) electrons. The number of urea groups is 1. The van der Waals surface area contributed by atoms with E-state index in [-0.39, 0.29) is 12.3 Å². The zero-order chi connectivity index (χ0) is 14.8. The maximum atomic E-state index is 12.2. The fourth-order valence-electron chi connectivity index (χ4n) is 3.05. The molecule has 0 unspecified atom stereocenters. The van der Waals surface area contributed by atoms with Gasteiger partial charge < -0.3 is 5.11 Å². The van der Waals surface area contributed by atoms with Gasteiger partial charge in [0.25, 0.3) is 0 Å². The second-order valence-electron chi connectivity index (χ2n) is 5.13. The molecule has 1 heterocycles. The van der Waals surface area contributed by atoms with Crippen LogP contribution in [0, 0.1) is 11.3 Å². The summed E-state index contributed by atoms with van der Waals surface area (Å²) < 4.78 is 0. The molecule has 4 amide bonds. The van der Waals surface area contributed by atoms with Crippen molar-refractivity contribution in [1.29, 1.82) is 0 Å². The normalized spacial score (nSPS) is 22.9. The number of rotatable bonds is 4. The average Bonchev–Trinajstić information content (AvgIpc) is 2.86. The standard InChI is InChI=1S/C13H16N2O5/c16-9(17)6-3-7-13(8-4-1-2-5-8)10(18)14-12(20)15-11(13)19/h3,6,8H,1-2,4-5,7H2,(H,16,17)(H2,14,15,18,19,20). The maximum absolute atomic E-state index is 12.2. The van der Waals surface area contributed by atoms with Gasteiger partial charge in [-0.2, -0.15) is 0 Å². The third kappa shape index (κ3) is 2.43. The molecule has 0 spiro atoms. The molecule has 1 aliphatic heterocycles. The van der Waals surface area contributed by atoms with Crippen molar-refractivity contribution >= 4 is 23.8 Å². The molecule has 108 valence electrons. The first-order valence-electron chi connectivity index (χ1n) is 6.53. The lowest BCUT2D eigenvalue weighted by atomic mass is 9.69. The summed E-state index contributed by atoms with van der Waals surface area (Å²) in [5.74, 6) is -2.57. The highest BCUT2D eigenvalue weighted by molar-refractivity contribution is 6.19. The second-order valence-corrected chi connectivity index (χ2v) is 5.13. The summed E-state index contributed by atoms with van der Waals surface area (Å²) in [7, 11) is 0. The van der Waals surface area contributed by atoms with Gasteiger partial charge in [-0.05, 0) is 25.2 Å². The number of imide groups is 2. The first-order chi connectivity index (χ1) is 9.46. The predicted octanol–water partition coefficient (Wildman–Crippen LogP) is 0.560. The Balaban J connectivity index is 2.32. The van der Waals surface area contributed by atoms with Gasteiger partial charge in [0.15, 0.2) is 0 Å². The van der Waals surface area contributed by atoms with Gasteiger partial charge in [-0.1, -0.05) is 18.9 Å². The number of hydrogen-bond donors (Lipinski definition) is 3. The van der Waals surface area contributed by atoms with Crippen molar-refractivity contribution in [2.75, 3.05) is 0 Å². The fourth-order valence-corrected chi connectivity index (χ4v) is 3.05. The van der Waals surface area contributed by atoms with Gasteiger partial charge in [-0.15, -0.1) is 0 Å².